The highest BCUT2D eigenvalue weighted by Crippen LogP contribution is 2.17. The minimum absolute atomic E-state index is 0.343. The lowest BCUT2D eigenvalue weighted by Gasteiger charge is -2.08. The Hall–Kier alpha value is -3.74. The molecule has 0 aliphatic rings. The van der Waals surface area contributed by atoms with Gasteiger partial charge in [-0.25, -0.2) is 9.59 Å². The second kappa shape index (κ2) is 8.09. The highest BCUT2D eigenvalue weighted by molar-refractivity contribution is 6.04. The van der Waals surface area contributed by atoms with E-state index in [4.69, 9.17) is 4.74 Å². The fraction of sp³-hybridized carbons (Fsp3) is 0.100. The number of carbonyl (C=O) groups excluding carboxylic acids is 3. The van der Waals surface area contributed by atoms with Crippen molar-refractivity contribution in [1.82, 2.24) is 4.98 Å². The van der Waals surface area contributed by atoms with E-state index in [0.717, 1.165) is 0 Å². The fourth-order valence-electron chi connectivity index (χ4n) is 2.49. The molecular formula is C20H16N2O5. The van der Waals surface area contributed by atoms with Crippen molar-refractivity contribution in [3.63, 3.8) is 0 Å². The van der Waals surface area contributed by atoms with E-state index >= 15 is 0 Å². The maximum absolute atomic E-state index is 12.3. The van der Waals surface area contributed by atoms with Crippen LogP contribution in [0.2, 0.25) is 0 Å². The maximum Gasteiger partial charge on any atom is 0.339 e. The molecule has 7 nitrogen and oxygen atoms in total. The van der Waals surface area contributed by atoms with Gasteiger partial charge in [0.05, 0.1) is 23.8 Å². The smallest absolute Gasteiger partial charge is 0.339 e. The van der Waals surface area contributed by atoms with Crippen molar-refractivity contribution in [1.29, 1.82) is 0 Å². The first-order valence-corrected chi connectivity index (χ1v) is 8.07. The van der Waals surface area contributed by atoms with Crippen LogP contribution >= 0.6 is 0 Å². The van der Waals surface area contributed by atoms with E-state index in [1.165, 1.54) is 19.2 Å². The van der Waals surface area contributed by atoms with E-state index in [-0.39, 0.29) is 0 Å². The van der Waals surface area contributed by atoms with Crippen molar-refractivity contribution < 1.29 is 23.9 Å². The molecule has 0 atom stereocenters. The number of aromatic nitrogens is 1. The summed E-state index contributed by atoms with van der Waals surface area (Å²) in [5, 5.41) is 3.25. The molecule has 1 heterocycles. The molecule has 3 rings (SSSR count). The highest BCUT2D eigenvalue weighted by atomic mass is 16.5. The zero-order chi connectivity index (χ0) is 19.2. The van der Waals surface area contributed by atoms with Crippen LogP contribution < -0.4 is 5.32 Å². The summed E-state index contributed by atoms with van der Waals surface area (Å²) in [6, 6.07) is 14.8. The van der Waals surface area contributed by atoms with Gasteiger partial charge in [0.1, 0.15) is 0 Å². The van der Waals surface area contributed by atoms with Gasteiger partial charge >= 0.3 is 11.9 Å². The fourth-order valence-corrected chi connectivity index (χ4v) is 2.49. The van der Waals surface area contributed by atoms with Gasteiger partial charge in [-0.15, -0.1) is 0 Å². The molecule has 7 heteroatoms. The quantitative estimate of drug-likeness (QED) is 0.700. The lowest BCUT2D eigenvalue weighted by molar-refractivity contribution is -0.119. The van der Waals surface area contributed by atoms with Crippen LogP contribution in [0.25, 0.3) is 10.9 Å². The van der Waals surface area contributed by atoms with Gasteiger partial charge in [0.25, 0.3) is 5.91 Å². The van der Waals surface area contributed by atoms with Gasteiger partial charge in [0, 0.05) is 17.3 Å². The molecule has 136 valence electrons. The van der Waals surface area contributed by atoms with Crippen molar-refractivity contribution >= 4 is 34.4 Å². The van der Waals surface area contributed by atoms with E-state index in [1.54, 1.807) is 48.7 Å². The van der Waals surface area contributed by atoms with Crippen molar-refractivity contribution in [3.8, 4) is 0 Å². The number of esters is 2. The van der Waals surface area contributed by atoms with Crippen LogP contribution in [0.1, 0.15) is 20.7 Å². The zero-order valence-corrected chi connectivity index (χ0v) is 14.5. The van der Waals surface area contributed by atoms with Crippen LogP contribution in [0.3, 0.4) is 0 Å². The number of amides is 1. The van der Waals surface area contributed by atoms with Crippen LogP contribution in [0.5, 0.6) is 0 Å². The van der Waals surface area contributed by atoms with Crippen LogP contribution in [0.4, 0.5) is 5.69 Å². The minimum Gasteiger partial charge on any atom is -0.465 e. The molecule has 3 aromatic rings. The third-order valence-corrected chi connectivity index (χ3v) is 3.79. The van der Waals surface area contributed by atoms with E-state index < -0.39 is 24.5 Å². The number of ether oxygens (including phenoxy) is 2. The number of benzene rings is 2. The summed E-state index contributed by atoms with van der Waals surface area (Å²) in [5.41, 5.74) is 1.85. The third-order valence-electron chi connectivity index (χ3n) is 3.79. The molecule has 0 radical (unpaired) electrons. The average molecular weight is 364 g/mol. The molecule has 0 bridgehead atoms. The number of nitrogens with zero attached hydrogens (tertiary/aromatic N) is 1. The van der Waals surface area contributed by atoms with E-state index in [2.05, 4.69) is 15.0 Å². The molecule has 0 aliphatic carbocycles. The number of rotatable bonds is 5. The second-order valence-electron chi connectivity index (χ2n) is 5.57. The molecule has 1 amide bonds. The Morgan fingerprint density at radius 3 is 2.48 bits per heavy atom. The second-order valence-corrected chi connectivity index (χ2v) is 5.57. The average Bonchev–Trinajstić information content (AvgIpc) is 2.71. The molecule has 0 unspecified atom stereocenters. The van der Waals surface area contributed by atoms with Gasteiger partial charge in [-0.1, -0.05) is 12.1 Å². The third kappa shape index (κ3) is 4.27. The van der Waals surface area contributed by atoms with Gasteiger partial charge in [-0.05, 0) is 42.5 Å². The van der Waals surface area contributed by atoms with Crippen LogP contribution in [-0.4, -0.2) is 36.5 Å². The Bertz CT molecular complexity index is 993. The normalized spacial score (nSPS) is 10.3. The lowest BCUT2D eigenvalue weighted by Crippen LogP contribution is -2.21. The van der Waals surface area contributed by atoms with Crippen molar-refractivity contribution in [2.45, 2.75) is 0 Å². The number of pyridine rings is 1. The van der Waals surface area contributed by atoms with E-state index in [0.29, 0.717) is 27.7 Å². The zero-order valence-electron chi connectivity index (χ0n) is 14.5. The van der Waals surface area contributed by atoms with Gasteiger partial charge in [-0.3, -0.25) is 9.78 Å². The molecule has 2 aromatic carbocycles. The highest BCUT2D eigenvalue weighted by Gasteiger charge is 2.14. The Morgan fingerprint density at radius 2 is 1.74 bits per heavy atom. The SMILES string of the molecule is COC(=O)c1ccc(NC(=O)COC(=O)c2cccc3ncccc23)cc1. The predicted molar refractivity (Wildman–Crippen MR) is 98.4 cm³/mol. The monoisotopic (exact) mass is 364 g/mol. The largest absolute Gasteiger partial charge is 0.465 e. The summed E-state index contributed by atoms with van der Waals surface area (Å²) in [5.74, 6) is -1.57. The number of nitrogens with one attached hydrogen (secondary N) is 1. The Kier molecular flexibility index (Phi) is 5.41. The molecule has 0 fully saturated rings. The summed E-state index contributed by atoms with van der Waals surface area (Å²) in [7, 11) is 1.29. The summed E-state index contributed by atoms with van der Waals surface area (Å²) < 4.78 is 9.70. The van der Waals surface area contributed by atoms with Crippen molar-refractivity contribution in [2.75, 3.05) is 19.0 Å². The number of anilines is 1. The summed E-state index contributed by atoms with van der Waals surface area (Å²) >= 11 is 0. The summed E-state index contributed by atoms with van der Waals surface area (Å²) in [6.45, 7) is -0.436. The molecule has 27 heavy (non-hydrogen) atoms. The Morgan fingerprint density at radius 1 is 0.963 bits per heavy atom. The summed E-state index contributed by atoms with van der Waals surface area (Å²) in [6.07, 6.45) is 1.64. The molecule has 0 aliphatic heterocycles. The number of hydrogen-bond donors (Lipinski definition) is 1. The first-order chi connectivity index (χ1) is 13.1. The minimum atomic E-state index is -0.607. The topological polar surface area (TPSA) is 94.6 Å². The molecule has 0 spiro atoms. The first-order valence-electron chi connectivity index (χ1n) is 8.07. The first kappa shape index (κ1) is 18.1. The van der Waals surface area contributed by atoms with Gasteiger partial charge in [0.2, 0.25) is 0 Å². The van der Waals surface area contributed by atoms with Gasteiger partial charge in [-0.2, -0.15) is 0 Å². The van der Waals surface area contributed by atoms with Crippen molar-refractivity contribution in [3.05, 3.63) is 71.9 Å². The molecule has 0 saturated heterocycles. The van der Waals surface area contributed by atoms with Crippen LogP contribution in [0, 0.1) is 0 Å². The summed E-state index contributed by atoms with van der Waals surface area (Å²) in [4.78, 5) is 39.8. The number of fused-ring (bicyclic) bond motifs is 1. The number of methoxy groups -OCH3 is 1. The van der Waals surface area contributed by atoms with Crippen molar-refractivity contribution in [2.24, 2.45) is 0 Å². The van der Waals surface area contributed by atoms with Gasteiger partial charge < -0.3 is 14.8 Å². The number of hydrogen-bond acceptors (Lipinski definition) is 6. The van der Waals surface area contributed by atoms with E-state index in [1.807, 2.05) is 0 Å². The van der Waals surface area contributed by atoms with Crippen LogP contribution in [0.15, 0.2) is 60.8 Å². The molecule has 1 N–H and O–H groups in total. The molecule has 0 saturated carbocycles. The van der Waals surface area contributed by atoms with Crippen LogP contribution in [-0.2, 0) is 14.3 Å². The molecular weight excluding hydrogens is 348 g/mol. The maximum atomic E-state index is 12.3. The standard InChI is InChI=1S/C20H16N2O5/c1-26-19(24)13-7-9-14(10-8-13)22-18(23)12-27-20(25)16-4-2-6-17-15(16)5-3-11-21-17/h2-11H,12H2,1H3,(H,22,23). The Labute approximate surface area is 154 Å². The number of carbonyl (C=O) groups is 3. The lowest BCUT2D eigenvalue weighted by atomic mass is 10.1. The Balaban J connectivity index is 1.60. The van der Waals surface area contributed by atoms with E-state index in [9.17, 15) is 14.4 Å². The molecule has 1 aromatic heterocycles. The predicted octanol–water partition coefficient (Wildman–Crippen LogP) is 2.82. The van der Waals surface area contributed by atoms with Gasteiger partial charge in [0.15, 0.2) is 6.61 Å².